The van der Waals surface area contributed by atoms with Gasteiger partial charge in [0.15, 0.2) is 0 Å². The number of pyridine rings is 1. The lowest BCUT2D eigenvalue weighted by Crippen LogP contribution is -2.35. The normalized spacial score (nSPS) is 10.6. The molecule has 2 aromatic carbocycles. The zero-order valence-corrected chi connectivity index (χ0v) is 14.8. The predicted octanol–water partition coefficient (Wildman–Crippen LogP) is 2.77. The van der Waals surface area contributed by atoms with Crippen LogP contribution in [0.15, 0.2) is 59.4 Å². The summed E-state index contributed by atoms with van der Waals surface area (Å²) in [6.45, 7) is 1.35. The molecule has 6 nitrogen and oxygen atoms in total. The number of rotatable bonds is 3. The number of nitrogens with zero attached hydrogens (tertiary/aromatic N) is 2. The van der Waals surface area contributed by atoms with Crippen molar-refractivity contribution in [2.24, 2.45) is 7.05 Å². The molecule has 3 aromatic rings. The SMILES string of the molecule is CC(=O)Nc1c(C(=O)N(C)c2ccccc2)c(=O)n(C)c2ccccc12. The monoisotopic (exact) mass is 349 g/mol. The molecule has 0 bridgehead atoms. The molecule has 2 amide bonds. The molecular weight excluding hydrogens is 330 g/mol. The summed E-state index contributed by atoms with van der Waals surface area (Å²) in [5.74, 6) is -0.828. The molecule has 0 aliphatic rings. The van der Waals surface area contributed by atoms with E-state index in [1.54, 1.807) is 50.5 Å². The van der Waals surface area contributed by atoms with Gasteiger partial charge in [-0.15, -0.1) is 0 Å². The van der Waals surface area contributed by atoms with Crippen molar-refractivity contribution in [3.8, 4) is 0 Å². The van der Waals surface area contributed by atoms with Gasteiger partial charge in [-0.3, -0.25) is 14.4 Å². The number of nitrogens with one attached hydrogen (secondary N) is 1. The van der Waals surface area contributed by atoms with Crippen molar-refractivity contribution in [3.05, 3.63) is 70.5 Å². The van der Waals surface area contributed by atoms with Crippen LogP contribution in [0.4, 0.5) is 11.4 Å². The number of carbonyl (C=O) groups is 2. The quantitative estimate of drug-likeness (QED) is 0.790. The first kappa shape index (κ1) is 17.4. The van der Waals surface area contributed by atoms with Gasteiger partial charge in [0.1, 0.15) is 5.56 Å². The molecule has 0 aliphatic carbocycles. The van der Waals surface area contributed by atoms with Gasteiger partial charge in [0.05, 0.1) is 11.2 Å². The first-order valence-corrected chi connectivity index (χ1v) is 8.14. The maximum Gasteiger partial charge on any atom is 0.265 e. The Morgan fingerprint density at radius 1 is 1.00 bits per heavy atom. The third-order valence-corrected chi connectivity index (χ3v) is 4.27. The Hall–Kier alpha value is -3.41. The van der Waals surface area contributed by atoms with E-state index in [1.807, 2.05) is 18.2 Å². The number of hydrogen-bond donors (Lipinski definition) is 1. The van der Waals surface area contributed by atoms with E-state index in [-0.39, 0.29) is 17.2 Å². The first-order valence-electron chi connectivity index (χ1n) is 8.14. The fraction of sp³-hybridized carbons (Fsp3) is 0.150. The molecule has 6 heteroatoms. The number of aromatic nitrogens is 1. The van der Waals surface area contributed by atoms with E-state index in [0.29, 0.717) is 16.6 Å². The van der Waals surface area contributed by atoms with Crippen LogP contribution < -0.4 is 15.8 Å². The summed E-state index contributed by atoms with van der Waals surface area (Å²) >= 11 is 0. The number of hydrogen-bond acceptors (Lipinski definition) is 3. The van der Waals surface area contributed by atoms with E-state index in [2.05, 4.69) is 5.32 Å². The lowest BCUT2D eigenvalue weighted by molar-refractivity contribution is -0.114. The van der Waals surface area contributed by atoms with Crippen LogP contribution in [0.1, 0.15) is 17.3 Å². The van der Waals surface area contributed by atoms with Gasteiger partial charge in [-0.1, -0.05) is 36.4 Å². The van der Waals surface area contributed by atoms with Crippen molar-refractivity contribution in [1.82, 2.24) is 4.57 Å². The number of carbonyl (C=O) groups excluding carboxylic acids is 2. The van der Waals surface area contributed by atoms with Gasteiger partial charge in [-0.25, -0.2) is 0 Å². The molecule has 1 N–H and O–H groups in total. The average molecular weight is 349 g/mol. The van der Waals surface area contributed by atoms with E-state index in [1.165, 1.54) is 16.4 Å². The Morgan fingerprint density at radius 3 is 2.27 bits per heavy atom. The molecule has 1 heterocycles. The number of benzene rings is 2. The molecule has 0 saturated heterocycles. The molecule has 0 spiro atoms. The van der Waals surface area contributed by atoms with Crippen LogP contribution in [0.25, 0.3) is 10.9 Å². The fourth-order valence-corrected chi connectivity index (χ4v) is 2.94. The fourth-order valence-electron chi connectivity index (χ4n) is 2.94. The van der Waals surface area contributed by atoms with Gasteiger partial charge in [0.25, 0.3) is 11.5 Å². The summed E-state index contributed by atoms with van der Waals surface area (Å²) < 4.78 is 1.42. The highest BCUT2D eigenvalue weighted by Crippen LogP contribution is 2.26. The maximum atomic E-state index is 13.1. The van der Waals surface area contributed by atoms with Crippen molar-refractivity contribution in [3.63, 3.8) is 0 Å². The van der Waals surface area contributed by atoms with Crippen LogP contribution in [0, 0.1) is 0 Å². The maximum absolute atomic E-state index is 13.1. The third-order valence-electron chi connectivity index (χ3n) is 4.27. The second kappa shape index (κ2) is 6.84. The van der Waals surface area contributed by atoms with Gasteiger partial charge in [0, 0.05) is 32.1 Å². The molecule has 1 aromatic heterocycles. The van der Waals surface area contributed by atoms with Crippen molar-refractivity contribution < 1.29 is 9.59 Å². The average Bonchev–Trinajstić information content (AvgIpc) is 2.65. The van der Waals surface area contributed by atoms with Crippen LogP contribution in [0.2, 0.25) is 0 Å². The Labute approximate surface area is 150 Å². The Bertz CT molecular complexity index is 1060. The van der Waals surface area contributed by atoms with Crippen LogP contribution in [-0.4, -0.2) is 23.4 Å². The Balaban J connectivity index is 2.27. The molecule has 0 unspecified atom stereocenters. The molecule has 0 saturated carbocycles. The molecular formula is C20H19N3O3. The van der Waals surface area contributed by atoms with E-state index in [9.17, 15) is 14.4 Å². The van der Waals surface area contributed by atoms with Crippen molar-refractivity contribution >= 4 is 34.1 Å². The summed E-state index contributed by atoms with van der Waals surface area (Å²) in [5, 5.41) is 3.31. The summed E-state index contributed by atoms with van der Waals surface area (Å²) in [6, 6.07) is 16.2. The Morgan fingerprint density at radius 2 is 1.62 bits per heavy atom. The molecule has 0 radical (unpaired) electrons. The number of fused-ring (bicyclic) bond motifs is 1. The van der Waals surface area contributed by atoms with Gasteiger partial charge in [0.2, 0.25) is 5.91 Å². The van der Waals surface area contributed by atoms with E-state index in [4.69, 9.17) is 0 Å². The molecule has 26 heavy (non-hydrogen) atoms. The van der Waals surface area contributed by atoms with Crippen LogP contribution in [0.3, 0.4) is 0 Å². The highest BCUT2D eigenvalue weighted by Gasteiger charge is 2.25. The summed E-state index contributed by atoms with van der Waals surface area (Å²) in [6.07, 6.45) is 0. The lowest BCUT2D eigenvalue weighted by atomic mass is 10.1. The van der Waals surface area contributed by atoms with Crippen molar-refractivity contribution in [1.29, 1.82) is 0 Å². The third kappa shape index (κ3) is 2.97. The van der Waals surface area contributed by atoms with Gasteiger partial charge in [-0.05, 0) is 18.2 Å². The molecule has 3 rings (SSSR count). The molecule has 132 valence electrons. The topological polar surface area (TPSA) is 71.4 Å². The van der Waals surface area contributed by atoms with E-state index >= 15 is 0 Å². The summed E-state index contributed by atoms with van der Waals surface area (Å²) in [7, 11) is 3.21. The molecule has 0 fully saturated rings. The first-order chi connectivity index (χ1) is 12.4. The van der Waals surface area contributed by atoms with Crippen LogP contribution in [-0.2, 0) is 11.8 Å². The highest BCUT2D eigenvalue weighted by molar-refractivity contribution is 6.15. The Kier molecular flexibility index (Phi) is 4.58. The van der Waals surface area contributed by atoms with Gasteiger partial charge < -0.3 is 14.8 Å². The smallest absolute Gasteiger partial charge is 0.265 e. The van der Waals surface area contributed by atoms with E-state index < -0.39 is 11.5 Å². The number of anilines is 2. The second-order valence-electron chi connectivity index (χ2n) is 6.01. The number of aryl methyl sites for hydroxylation is 1. The largest absolute Gasteiger partial charge is 0.325 e. The van der Waals surface area contributed by atoms with Crippen LogP contribution >= 0.6 is 0 Å². The van der Waals surface area contributed by atoms with Gasteiger partial charge >= 0.3 is 0 Å². The van der Waals surface area contributed by atoms with Crippen LogP contribution in [0.5, 0.6) is 0 Å². The minimum absolute atomic E-state index is 0.0623. The summed E-state index contributed by atoms with van der Waals surface area (Å²) in [5.41, 5.74) is 1.01. The minimum Gasteiger partial charge on any atom is -0.325 e. The van der Waals surface area contributed by atoms with Crippen molar-refractivity contribution in [2.45, 2.75) is 6.92 Å². The lowest BCUT2D eigenvalue weighted by Gasteiger charge is -2.21. The number of amides is 2. The zero-order valence-electron chi connectivity index (χ0n) is 14.8. The highest BCUT2D eigenvalue weighted by atomic mass is 16.2. The van der Waals surface area contributed by atoms with Gasteiger partial charge in [-0.2, -0.15) is 0 Å². The molecule has 0 atom stereocenters. The second-order valence-corrected chi connectivity index (χ2v) is 6.01. The summed E-state index contributed by atoms with van der Waals surface area (Å²) in [4.78, 5) is 39.2. The molecule has 0 aliphatic heterocycles. The standard InChI is InChI=1S/C20H19N3O3/c1-13(24)21-18-15-11-7-8-12-16(15)23(3)20(26)17(18)19(25)22(2)14-9-5-4-6-10-14/h4-12H,1-3H3,(H,21,24). The van der Waals surface area contributed by atoms with E-state index in [0.717, 1.165) is 0 Å². The minimum atomic E-state index is -0.480. The van der Waals surface area contributed by atoms with Crippen molar-refractivity contribution in [2.75, 3.05) is 17.3 Å². The number of para-hydroxylation sites is 2. The predicted molar refractivity (Wildman–Crippen MR) is 103 cm³/mol. The zero-order chi connectivity index (χ0) is 18.8.